The predicted molar refractivity (Wildman–Crippen MR) is 278 cm³/mol. The molecule has 0 fully saturated rings. The first-order chi connectivity index (χ1) is 30.9. The average Bonchev–Trinajstić information content (AvgIpc) is 3.90. The molecule has 0 radical (unpaired) electrons. The van der Waals surface area contributed by atoms with Crippen LogP contribution in [0.2, 0.25) is 0 Å². The Morgan fingerprint density at radius 1 is 0.323 bits per heavy atom. The number of aromatic nitrogens is 2. The van der Waals surface area contributed by atoms with Crippen molar-refractivity contribution >= 4 is 46.8 Å². The fourth-order valence-corrected chi connectivity index (χ4v) is 14.4. The fraction of sp³-hybridized carbons (Fsp3) is 0.214. The van der Waals surface area contributed by atoms with Gasteiger partial charge in [-0.2, -0.15) is 22.8 Å². The van der Waals surface area contributed by atoms with E-state index in [-0.39, 0.29) is 11.1 Å². The molecule has 0 aliphatic carbocycles. The van der Waals surface area contributed by atoms with Gasteiger partial charge in [0, 0.05) is 0 Å². The molecule has 6 aromatic carbocycles. The van der Waals surface area contributed by atoms with E-state index < -0.39 is 42.4 Å². The van der Waals surface area contributed by atoms with Gasteiger partial charge in [-0.3, -0.25) is 0 Å². The Bertz CT molecular complexity index is 2190. The topological polar surface area (TPSA) is 93.4 Å². The van der Waals surface area contributed by atoms with Gasteiger partial charge >= 0.3 is 84.6 Å². The zero-order chi connectivity index (χ0) is 47.4. The van der Waals surface area contributed by atoms with Crippen molar-refractivity contribution < 1.29 is 37.2 Å². The third-order valence-corrected chi connectivity index (χ3v) is 22.1. The molecule has 0 saturated carbocycles. The molecule has 2 aromatic heterocycles. The molecule has 8 aromatic rings. The van der Waals surface area contributed by atoms with E-state index in [1.54, 1.807) is 0 Å². The van der Waals surface area contributed by atoms with E-state index in [9.17, 15) is 9.79 Å². The van der Waals surface area contributed by atoms with E-state index in [2.05, 4.69) is 56.0 Å². The van der Waals surface area contributed by atoms with E-state index in [1.165, 1.54) is 0 Å². The van der Waals surface area contributed by atoms with Crippen LogP contribution >= 0.6 is 15.0 Å². The smallest absolute Gasteiger partial charge is 0.238 e. The third-order valence-electron chi connectivity index (χ3n) is 9.39. The molecule has 65 heavy (non-hydrogen) atoms. The number of aryl methyl sites for hydroxylation is 4. The first-order valence-electron chi connectivity index (χ1n) is 21.8. The van der Waals surface area contributed by atoms with Crippen LogP contribution in [0.5, 0.6) is 0 Å². The summed E-state index contributed by atoms with van der Waals surface area (Å²) < 4.78 is 9.17. The summed E-state index contributed by atoms with van der Waals surface area (Å²) in [4.78, 5) is 31.3. The number of rotatable bonds is 6. The molecular formula is C56H66N4O2P2U+2. The van der Waals surface area contributed by atoms with Gasteiger partial charge in [0.15, 0.2) is 0 Å². The number of benzene rings is 6. The van der Waals surface area contributed by atoms with Crippen LogP contribution in [0.3, 0.4) is 0 Å². The molecule has 0 bridgehead atoms. The normalized spacial score (nSPS) is 11.0. The van der Waals surface area contributed by atoms with Crippen molar-refractivity contribution in [3.05, 3.63) is 229 Å². The Labute approximate surface area is 405 Å². The molecule has 0 aliphatic rings. The maximum atomic E-state index is 11.5. The molecule has 2 heterocycles. The first-order valence-corrected chi connectivity index (χ1v) is 29.0. The molecule has 0 spiro atoms. The van der Waals surface area contributed by atoms with Crippen LogP contribution in [0.25, 0.3) is 0 Å². The molecule has 6 nitrogen and oxygen atoms in total. The predicted octanol–water partition coefficient (Wildman–Crippen LogP) is 11.3. The van der Waals surface area contributed by atoms with Crippen LogP contribution in [0.4, 0.5) is 0 Å². The van der Waals surface area contributed by atoms with Crippen LogP contribution in [-0.2, 0) is 0 Å². The summed E-state index contributed by atoms with van der Waals surface area (Å²) in [6.45, 7) is 20.8. The second-order valence-electron chi connectivity index (χ2n) is 17.4. The van der Waals surface area contributed by atoms with Crippen LogP contribution in [0, 0.1) is 55.1 Å². The van der Waals surface area contributed by atoms with E-state index in [0.717, 1.165) is 54.6 Å². The van der Waals surface area contributed by atoms with Crippen LogP contribution in [-0.4, -0.2) is 20.9 Å². The van der Waals surface area contributed by atoms with Gasteiger partial charge in [-0.05, 0) is 72.8 Å². The van der Waals surface area contributed by atoms with Gasteiger partial charge in [-0.1, -0.05) is 161 Å². The molecule has 334 valence electrons. The fourth-order valence-electron chi connectivity index (χ4n) is 6.27. The Kier molecular flexibility index (Phi) is 21.1. The number of hydrogen-bond donors (Lipinski definition) is 2. The minimum Gasteiger partial charge on any atom is -0.665 e. The molecule has 0 atom stereocenters. The summed E-state index contributed by atoms with van der Waals surface area (Å²) in [5.74, 6) is 0. The molecular weight excluding hydrogens is 1060 g/mol. The number of nitrogens with zero attached hydrogens (tertiary/aromatic N) is 4. The van der Waals surface area contributed by atoms with Crippen molar-refractivity contribution in [2.45, 2.75) is 80.3 Å². The second-order valence-corrected chi connectivity index (χ2v) is 25.7. The molecule has 2 N–H and O–H groups in total. The molecule has 0 amide bonds. The van der Waals surface area contributed by atoms with E-state index in [0.29, 0.717) is 0 Å². The summed E-state index contributed by atoms with van der Waals surface area (Å²) in [6, 6.07) is 67.7. The summed E-state index contributed by atoms with van der Waals surface area (Å²) in [7, 11) is -5.05. The molecule has 9 heteroatoms. The van der Waals surface area contributed by atoms with E-state index >= 15 is 0 Å². The summed E-state index contributed by atoms with van der Waals surface area (Å²) in [6.07, 6.45) is 0. The quantitative estimate of drug-likeness (QED) is 0.162. The van der Waals surface area contributed by atoms with Gasteiger partial charge in [0.2, 0.25) is 15.0 Å². The number of hydrogen-bond acceptors (Lipinski definition) is 4. The third kappa shape index (κ3) is 17.6. The summed E-state index contributed by atoms with van der Waals surface area (Å²) in [5.41, 5.74) is 4.72. The Hall–Kier alpha value is -4.69. The van der Waals surface area contributed by atoms with Crippen molar-refractivity contribution in [1.29, 1.82) is 0 Å². The Balaban J connectivity index is 0.000000191. The van der Waals surface area contributed by atoms with Crippen LogP contribution < -0.4 is 41.8 Å². The SMILES string of the molecule is CC(C)(C)[N]=[U+2]=[N]C(C)(C)C.Cc1ccc(C)[n-]1.Cc1ccc(C)[n-]1.O[P+](c1ccccc1)(c1ccccc1)c1ccccc1.O[P+](c1ccccc1)(c1ccccc1)c1ccccc1. The van der Waals surface area contributed by atoms with Crippen molar-refractivity contribution in [3.63, 3.8) is 0 Å². The van der Waals surface area contributed by atoms with Crippen LogP contribution in [0.15, 0.2) is 211 Å². The second kappa shape index (κ2) is 25.9. The molecule has 0 aliphatic heterocycles. The Morgan fingerprint density at radius 2 is 0.492 bits per heavy atom. The maximum Gasteiger partial charge on any atom is 0.238 e. The zero-order valence-corrected chi connectivity index (χ0v) is 45.7. The van der Waals surface area contributed by atoms with Crippen molar-refractivity contribution in [2.75, 3.05) is 0 Å². The van der Waals surface area contributed by atoms with E-state index in [4.69, 9.17) is 0 Å². The largest absolute Gasteiger partial charge is 0.665 e. The molecule has 0 saturated heterocycles. The van der Waals surface area contributed by atoms with E-state index in [1.807, 2.05) is 234 Å². The average molecular weight is 1130 g/mol. The standard InChI is InChI=1S/2C18H16OP.2C6H8N.2C4H9N.U/c2*19-20(16-10-4-1-5-11-16,17-12-6-2-7-13-17)18-14-8-3-9-15-18;2*1-5-3-4-6(2)7-5;2*1-4(2,3)5;/h2*1-15,19H;2*3-4H,1-2H3;2*1-3H3;/q2*+1;2*-1;;;+2. The van der Waals surface area contributed by atoms with Crippen molar-refractivity contribution in [2.24, 2.45) is 4.51 Å². The van der Waals surface area contributed by atoms with Gasteiger partial charge in [0.25, 0.3) is 0 Å². The molecule has 8 rings (SSSR count). The van der Waals surface area contributed by atoms with Gasteiger partial charge in [-0.25, -0.2) is 9.79 Å². The van der Waals surface area contributed by atoms with Crippen molar-refractivity contribution in [3.8, 4) is 0 Å². The van der Waals surface area contributed by atoms with Gasteiger partial charge in [0.1, 0.15) is 31.8 Å². The minimum atomic E-state index is -2.53. The van der Waals surface area contributed by atoms with Gasteiger partial charge in [0.05, 0.1) is 0 Å². The minimum absolute atomic E-state index is 0.143. The van der Waals surface area contributed by atoms with Gasteiger partial charge in [-0.15, -0.1) is 0 Å². The summed E-state index contributed by atoms with van der Waals surface area (Å²) >= 11 is -1.14. The maximum absolute atomic E-state index is 11.5. The monoisotopic (exact) mass is 1130 g/mol. The zero-order valence-electron chi connectivity index (χ0n) is 39.7. The molecule has 0 unspecified atom stereocenters. The van der Waals surface area contributed by atoms with Crippen molar-refractivity contribution in [1.82, 2.24) is 9.97 Å². The van der Waals surface area contributed by atoms with Crippen LogP contribution in [0.1, 0.15) is 64.3 Å². The van der Waals surface area contributed by atoms with Gasteiger partial charge < -0.3 is 9.97 Å². The Morgan fingerprint density at radius 3 is 0.615 bits per heavy atom. The summed E-state index contributed by atoms with van der Waals surface area (Å²) in [5, 5.41) is 5.90. The first kappa shape index (κ1) is 52.9.